The molecule has 1 saturated carbocycles. The molecule has 0 amide bonds. The molecule has 5 heteroatoms. The smallest absolute Gasteiger partial charge is 0.307 e. The van der Waals surface area contributed by atoms with Gasteiger partial charge in [0.05, 0.1) is 5.92 Å². The fourth-order valence-corrected chi connectivity index (χ4v) is 3.32. The van der Waals surface area contributed by atoms with E-state index in [2.05, 4.69) is 14.8 Å². The SMILES string of the molecule is CC1(C)C(C(=O)O)C1c1nnc2n1CCCCC2. The molecule has 2 aliphatic rings. The fourth-order valence-electron chi connectivity index (χ4n) is 3.32. The summed E-state index contributed by atoms with van der Waals surface area (Å²) in [5, 5.41) is 17.8. The van der Waals surface area contributed by atoms with Crippen LogP contribution >= 0.6 is 0 Å². The van der Waals surface area contributed by atoms with E-state index in [1.165, 1.54) is 6.42 Å². The number of hydrogen-bond donors (Lipinski definition) is 1. The highest BCUT2D eigenvalue weighted by molar-refractivity contribution is 5.77. The van der Waals surface area contributed by atoms with E-state index in [0.717, 1.165) is 37.5 Å². The normalized spacial score (nSPS) is 29.4. The van der Waals surface area contributed by atoms with Gasteiger partial charge < -0.3 is 9.67 Å². The minimum Gasteiger partial charge on any atom is -0.481 e. The van der Waals surface area contributed by atoms with Crippen molar-refractivity contribution in [2.24, 2.45) is 11.3 Å². The van der Waals surface area contributed by atoms with E-state index in [4.69, 9.17) is 0 Å². The molecule has 1 aliphatic heterocycles. The van der Waals surface area contributed by atoms with Crippen LogP contribution in [0.25, 0.3) is 0 Å². The van der Waals surface area contributed by atoms with E-state index in [9.17, 15) is 9.90 Å². The van der Waals surface area contributed by atoms with Crippen molar-refractivity contribution in [2.45, 2.75) is 52.0 Å². The van der Waals surface area contributed by atoms with Gasteiger partial charge in [0.2, 0.25) is 0 Å². The molecule has 1 N–H and O–H groups in total. The van der Waals surface area contributed by atoms with Crippen LogP contribution in [0.3, 0.4) is 0 Å². The van der Waals surface area contributed by atoms with E-state index in [1.54, 1.807) is 0 Å². The van der Waals surface area contributed by atoms with Crippen molar-refractivity contribution in [3.8, 4) is 0 Å². The van der Waals surface area contributed by atoms with Gasteiger partial charge in [-0.2, -0.15) is 0 Å². The van der Waals surface area contributed by atoms with Crippen LogP contribution in [0.5, 0.6) is 0 Å². The van der Waals surface area contributed by atoms with E-state index < -0.39 is 5.97 Å². The molecule has 18 heavy (non-hydrogen) atoms. The Bertz CT molecular complexity index is 492. The number of aryl methyl sites for hydroxylation is 1. The minimum atomic E-state index is -0.712. The lowest BCUT2D eigenvalue weighted by Crippen LogP contribution is -2.07. The van der Waals surface area contributed by atoms with Gasteiger partial charge >= 0.3 is 5.97 Å². The van der Waals surface area contributed by atoms with Crippen molar-refractivity contribution in [3.05, 3.63) is 11.6 Å². The standard InChI is InChI=1S/C13H19N3O2/c1-13(2)9(10(13)12(17)18)11-15-14-8-6-4-3-5-7-16(8)11/h9-10H,3-7H2,1-2H3,(H,17,18). The third-order valence-electron chi connectivity index (χ3n) is 4.51. The van der Waals surface area contributed by atoms with Gasteiger partial charge in [-0.25, -0.2) is 0 Å². The number of hydrogen-bond acceptors (Lipinski definition) is 3. The van der Waals surface area contributed by atoms with Crippen molar-refractivity contribution < 1.29 is 9.90 Å². The number of fused-ring (bicyclic) bond motifs is 1. The van der Waals surface area contributed by atoms with Crippen molar-refractivity contribution in [1.29, 1.82) is 0 Å². The van der Waals surface area contributed by atoms with Gasteiger partial charge in [0.1, 0.15) is 11.6 Å². The maximum atomic E-state index is 11.3. The van der Waals surface area contributed by atoms with Crippen LogP contribution in [0.4, 0.5) is 0 Å². The van der Waals surface area contributed by atoms with E-state index in [-0.39, 0.29) is 17.3 Å². The van der Waals surface area contributed by atoms with Crippen LogP contribution < -0.4 is 0 Å². The first-order valence-electron chi connectivity index (χ1n) is 6.68. The summed E-state index contributed by atoms with van der Waals surface area (Å²) in [6, 6.07) is 0. The van der Waals surface area contributed by atoms with Gasteiger partial charge in [-0.3, -0.25) is 4.79 Å². The Morgan fingerprint density at radius 3 is 2.78 bits per heavy atom. The molecule has 1 aromatic heterocycles. The molecule has 5 nitrogen and oxygen atoms in total. The van der Waals surface area contributed by atoms with Crippen LogP contribution in [0.15, 0.2) is 0 Å². The van der Waals surface area contributed by atoms with E-state index in [0.29, 0.717) is 0 Å². The summed E-state index contributed by atoms with van der Waals surface area (Å²) >= 11 is 0. The molecule has 0 radical (unpaired) electrons. The Morgan fingerprint density at radius 1 is 1.33 bits per heavy atom. The highest BCUT2D eigenvalue weighted by Gasteiger charge is 2.65. The number of aromatic nitrogens is 3. The molecule has 2 unspecified atom stereocenters. The predicted molar refractivity (Wildman–Crippen MR) is 65.2 cm³/mol. The van der Waals surface area contributed by atoms with Gasteiger partial charge in [0.25, 0.3) is 0 Å². The number of aliphatic carboxylic acids is 1. The average Bonchev–Trinajstić information content (AvgIpc) is 2.79. The Hall–Kier alpha value is -1.39. The summed E-state index contributed by atoms with van der Waals surface area (Å²) in [6.07, 6.45) is 4.49. The van der Waals surface area contributed by atoms with Crippen molar-refractivity contribution in [2.75, 3.05) is 0 Å². The average molecular weight is 249 g/mol. The zero-order valence-electron chi connectivity index (χ0n) is 10.9. The number of carbonyl (C=O) groups is 1. The maximum absolute atomic E-state index is 11.3. The van der Waals surface area contributed by atoms with Crippen molar-refractivity contribution in [3.63, 3.8) is 0 Å². The highest BCUT2D eigenvalue weighted by Crippen LogP contribution is 2.64. The molecular formula is C13H19N3O2. The van der Waals surface area contributed by atoms with Gasteiger partial charge in [-0.1, -0.05) is 20.3 Å². The summed E-state index contributed by atoms with van der Waals surface area (Å²) in [4.78, 5) is 11.3. The highest BCUT2D eigenvalue weighted by atomic mass is 16.4. The van der Waals surface area contributed by atoms with Gasteiger partial charge in [0.15, 0.2) is 0 Å². The van der Waals surface area contributed by atoms with Crippen LogP contribution in [-0.4, -0.2) is 25.8 Å². The summed E-state index contributed by atoms with van der Waals surface area (Å²) < 4.78 is 2.17. The van der Waals surface area contributed by atoms with Crippen molar-refractivity contribution >= 4 is 5.97 Å². The van der Waals surface area contributed by atoms with Gasteiger partial charge in [-0.15, -0.1) is 10.2 Å². The number of carboxylic acid groups (broad SMARTS) is 1. The molecule has 3 rings (SSSR count). The van der Waals surface area contributed by atoms with Crippen molar-refractivity contribution in [1.82, 2.24) is 14.8 Å². The van der Waals surface area contributed by atoms with Crippen LogP contribution in [0.2, 0.25) is 0 Å². The summed E-state index contributed by atoms with van der Waals surface area (Å²) in [5.74, 6) is 0.929. The predicted octanol–water partition coefficient (Wildman–Crippen LogP) is 1.83. The van der Waals surface area contributed by atoms with Crippen LogP contribution in [0.1, 0.15) is 50.7 Å². The van der Waals surface area contributed by atoms with Crippen LogP contribution in [-0.2, 0) is 17.8 Å². The third kappa shape index (κ3) is 1.56. The third-order valence-corrected chi connectivity index (χ3v) is 4.51. The minimum absolute atomic E-state index is 0.0225. The molecule has 2 heterocycles. The molecule has 0 aromatic carbocycles. The first-order chi connectivity index (χ1) is 8.53. The number of carboxylic acids is 1. The second-order valence-electron chi connectivity index (χ2n) is 6.05. The largest absolute Gasteiger partial charge is 0.481 e. The van der Waals surface area contributed by atoms with E-state index >= 15 is 0 Å². The fraction of sp³-hybridized carbons (Fsp3) is 0.769. The monoisotopic (exact) mass is 249 g/mol. The molecule has 1 aliphatic carbocycles. The molecule has 0 saturated heterocycles. The Morgan fingerprint density at radius 2 is 2.11 bits per heavy atom. The molecule has 0 bridgehead atoms. The lowest BCUT2D eigenvalue weighted by atomic mass is 10.1. The number of nitrogens with zero attached hydrogens (tertiary/aromatic N) is 3. The van der Waals surface area contributed by atoms with Crippen LogP contribution in [0, 0.1) is 11.3 Å². The van der Waals surface area contributed by atoms with E-state index in [1.807, 2.05) is 13.8 Å². The first-order valence-corrected chi connectivity index (χ1v) is 6.68. The molecule has 2 atom stereocenters. The summed E-state index contributed by atoms with van der Waals surface area (Å²) in [5.41, 5.74) is -0.193. The Labute approximate surface area is 106 Å². The number of rotatable bonds is 2. The Kier molecular flexibility index (Phi) is 2.47. The molecule has 1 aromatic rings. The lowest BCUT2D eigenvalue weighted by Gasteiger charge is -2.07. The summed E-state index contributed by atoms with van der Waals surface area (Å²) in [7, 11) is 0. The topological polar surface area (TPSA) is 68.0 Å². The van der Waals surface area contributed by atoms with Gasteiger partial charge in [-0.05, 0) is 18.3 Å². The Balaban J connectivity index is 1.95. The van der Waals surface area contributed by atoms with Gasteiger partial charge in [0, 0.05) is 18.9 Å². The second kappa shape index (κ2) is 3.80. The second-order valence-corrected chi connectivity index (χ2v) is 6.05. The maximum Gasteiger partial charge on any atom is 0.307 e. The zero-order chi connectivity index (χ0) is 12.9. The molecular weight excluding hydrogens is 230 g/mol. The summed E-state index contributed by atoms with van der Waals surface area (Å²) in [6.45, 7) is 4.96. The zero-order valence-corrected chi connectivity index (χ0v) is 10.9. The molecule has 98 valence electrons. The molecule has 0 spiro atoms. The first kappa shape index (κ1) is 11.7. The quantitative estimate of drug-likeness (QED) is 0.868. The molecule has 1 fully saturated rings. The lowest BCUT2D eigenvalue weighted by molar-refractivity contribution is -0.139.